The first-order chi connectivity index (χ1) is 9.63. The highest BCUT2D eigenvalue weighted by atomic mass is 16.7. The van der Waals surface area contributed by atoms with Crippen molar-refractivity contribution in [1.82, 2.24) is 0 Å². The molecular weight excluding hydrogens is 256 g/mol. The third-order valence-electron chi connectivity index (χ3n) is 4.03. The molecule has 1 aliphatic rings. The number of aliphatic hydroxyl groups excluding tert-OH is 1. The summed E-state index contributed by atoms with van der Waals surface area (Å²) in [5, 5.41) is 10.2. The number of benzene rings is 1. The maximum Gasteiger partial charge on any atom is 0.162 e. The third-order valence-corrected chi connectivity index (χ3v) is 4.03. The molecule has 0 bridgehead atoms. The van der Waals surface area contributed by atoms with E-state index < -0.39 is 6.10 Å². The average Bonchev–Trinajstić information content (AvgIpc) is 2.48. The molecule has 1 aromatic rings. The van der Waals surface area contributed by atoms with Gasteiger partial charge in [-0.1, -0.05) is 44.2 Å². The van der Waals surface area contributed by atoms with Crippen molar-refractivity contribution in [2.75, 3.05) is 13.7 Å². The zero-order valence-corrected chi connectivity index (χ0v) is 12.4. The van der Waals surface area contributed by atoms with Gasteiger partial charge in [0.25, 0.3) is 0 Å². The van der Waals surface area contributed by atoms with Crippen LogP contribution in [-0.4, -0.2) is 37.3 Å². The van der Waals surface area contributed by atoms with Crippen LogP contribution in [0.15, 0.2) is 30.3 Å². The Morgan fingerprint density at radius 2 is 1.85 bits per heavy atom. The number of ether oxygens (including phenoxy) is 3. The molecule has 2 unspecified atom stereocenters. The Hall–Kier alpha value is -0.940. The van der Waals surface area contributed by atoms with Crippen molar-refractivity contribution in [2.24, 2.45) is 11.8 Å². The van der Waals surface area contributed by atoms with E-state index in [2.05, 4.69) is 0 Å². The van der Waals surface area contributed by atoms with E-state index in [1.807, 2.05) is 44.2 Å². The van der Waals surface area contributed by atoms with Gasteiger partial charge in [0.1, 0.15) is 0 Å². The lowest BCUT2D eigenvalue weighted by molar-refractivity contribution is -0.261. The molecular formula is C16H24O4. The van der Waals surface area contributed by atoms with E-state index in [9.17, 15) is 5.11 Å². The maximum absolute atomic E-state index is 10.2. The van der Waals surface area contributed by atoms with Crippen LogP contribution in [0.25, 0.3) is 0 Å². The molecule has 1 fully saturated rings. The summed E-state index contributed by atoms with van der Waals surface area (Å²) in [4.78, 5) is 0. The molecule has 20 heavy (non-hydrogen) atoms. The molecule has 1 saturated heterocycles. The van der Waals surface area contributed by atoms with Gasteiger partial charge in [-0.3, -0.25) is 0 Å². The monoisotopic (exact) mass is 280 g/mol. The fraction of sp³-hybridized carbons (Fsp3) is 0.625. The number of hydrogen-bond donors (Lipinski definition) is 1. The molecule has 1 N–H and O–H groups in total. The SMILES string of the molecule is CO[C@H]1OC(COCc2ccccc2)[C@H](C)[C@H](O)C1C. The van der Waals surface area contributed by atoms with Crippen molar-refractivity contribution >= 4 is 0 Å². The molecule has 1 heterocycles. The van der Waals surface area contributed by atoms with Crippen LogP contribution >= 0.6 is 0 Å². The standard InChI is InChI=1S/C16H24O4/c1-11-14(20-16(18-3)12(2)15(11)17)10-19-9-13-7-5-4-6-8-13/h4-8,11-12,14-17H,9-10H2,1-3H3/t11-,12?,14?,15-,16-/m0/s1. The van der Waals surface area contributed by atoms with Crippen LogP contribution in [0.2, 0.25) is 0 Å². The van der Waals surface area contributed by atoms with Gasteiger partial charge in [0.2, 0.25) is 0 Å². The summed E-state index contributed by atoms with van der Waals surface area (Å²) in [7, 11) is 1.60. The Morgan fingerprint density at radius 3 is 2.50 bits per heavy atom. The lowest BCUT2D eigenvalue weighted by Crippen LogP contribution is -2.51. The van der Waals surface area contributed by atoms with Crippen molar-refractivity contribution in [1.29, 1.82) is 0 Å². The van der Waals surface area contributed by atoms with E-state index in [1.54, 1.807) is 7.11 Å². The summed E-state index contributed by atoms with van der Waals surface area (Å²) in [6.45, 7) is 4.94. The fourth-order valence-electron chi connectivity index (χ4n) is 2.61. The van der Waals surface area contributed by atoms with Gasteiger partial charge in [-0.2, -0.15) is 0 Å². The van der Waals surface area contributed by atoms with E-state index in [0.29, 0.717) is 13.2 Å². The molecule has 0 saturated carbocycles. The summed E-state index contributed by atoms with van der Waals surface area (Å²) < 4.78 is 16.9. The van der Waals surface area contributed by atoms with E-state index in [0.717, 1.165) is 5.56 Å². The molecule has 0 radical (unpaired) electrons. The van der Waals surface area contributed by atoms with Crippen LogP contribution in [0.1, 0.15) is 19.4 Å². The van der Waals surface area contributed by atoms with Gasteiger partial charge in [-0.05, 0) is 5.56 Å². The summed E-state index contributed by atoms with van der Waals surface area (Å²) in [5.41, 5.74) is 1.13. The molecule has 0 spiro atoms. The molecule has 1 aliphatic heterocycles. The second-order valence-electron chi connectivity index (χ2n) is 5.49. The molecule has 0 amide bonds. The lowest BCUT2D eigenvalue weighted by atomic mass is 9.86. The zero-order valence-electron chi connectivity index (χ0n) is 12.4. The minimum absolute atomic E-state index is 0.0274. The predicted molar refractivity (Wildman–Crippen MR) is 76.1 cm³/mol. The van der Waals surface area contributed by atoms with Gasteiger partial charge >= 0.3 is 0 Å². The molecule has 0 aromatic heterocycles. The van der Waals surface area contributed by atoms with Gasteiger partial charge in [0, 0.05) is 18.9 Å². The maximum atomic E-state index is 10.2. The highest BCUT2D eigenvalue weighted by Gasteiger charge is 2.40. The molecule has 0 aliphatic carbocycles. The topological polar surface area (TPSA) is 47.9 Å². The third kappa shape index (κ3) is 3.58. The Labute approximate surface area is 120 Å². The largest absolute Gasteiger partial charge is 0.392 e. The first-order valence-electron chi connectivity index (χ1n) is 7.11. The Bertz CT molecular complexity index is 393. The second-order valence-corrected chi connectivity index (χ2v) is 5.49. The number of aliphatic hydroxyl groups is 1. The smallest absolute Gasteiger partial charge is 0.162 e. The quantitative estimate of drug-likeness (QED) is 0.898. The molecule has 5 atom stereocenters. The van der Waals surface area contributed by atoms with Gasteiger partial charge in [-0.25, -0.2) is 0 Å². The molecule has 4 heteroatoms. The van der Waals surface area contributed by atoms with Crippen molar-refractivity contribution in [3.63, 3.8) is 0 Å². The summed E-state index contributed by atoms with van der Waals surface area (Å²) in [6.07, 6.45) is -0.944. The molecule has 4 nitrogen and oxygen atoms in total. The summed E-state index contributed by atoms with van der Waals surface area (Å²) in [5.74, 6) is 0.00699. The van der Waals surface area contributed by atoms with Gasteiger partial charge in [-0.15, -0.1) is 0 Å². The fourth-order valence-corrected chi connectivity index (χ4v) is 2.61. The zero-order chi connectivity index (χ0) is 14.5. The van der Waals surface area contributed by atoms with Gasteiger partial charge in [0.05, 0.1) is 25.4 Å². The number of rotatable bonds is 5. The lowest BCUT2D eigenvalue weighted by Gasteiger charge is -2.41. The van der Waals surface area contributed by atoms with Crippen molar-refractivity contribution in [2.45, 2.75) is 39.0 Å². The van der Waals surface area contributed by atoms with E-state index in [4.69, 9.17) is 14.2 Å². The first-order valence-corrected chi connectivity index (χ1v) is 7.11. The van der Waals surface area contributed by atoms with Crippen LogP contribution in [0.5, 0.6) is 0 Å². The second kappa shape index (κ2) is 7.18. The van der Waals surface area contributed by atoms with Gasteiger partial charge in [0.15, 0.2) is 6.29 Å². The van der Waals surface area contributed by atoms with E-state index in [1.165, 1.54) is 0 Å². The number of methoxy groups -OCH3 is 1. The van der Waals surface area contributed by atoms with E-state index >= 15 is 0 Å². The average molecular weight is 280 g/mol. The Balaban J connectivity index is 1.85. The van der Waals surface area contributed by atoms with Crippen LogP contribution in [0, 0.1) is 11.8 Å². The van der Waals surface area contributed by atoms with Crippen LogP contribution in [0.3, 0.4) is 0 Å². The van der Waals surface area contributed by atoms with E-state index in [-0.39, 0.29) is 24.2 Å². The van der Waals surface area contributed by atoms with Crippen LogP contribution < -0.4 is 0 Å². The van der Waals surface area contributed by atoms with Crippen molar-refractivity contribution in [3.8, 4) is 0 Å². The molecule has 1 aromatic carbocycles. The van der Waals surface area contributed by atoms with Crippen LogP contribution in [-0.2, 0) is 20.8 Å². The first kappa shape index (κ1) is 15.4. The van der Waals surface area contributed by atoms with Crippen molar-refractivity contribution in [3.05, 3.63) is 35.9 Å². The minimum atomic E-state index is -0.431. The van der Waals surface area contributed by atoms with Crippen LogP contribution in [0.4, 0.5) is 0 Å². The molecule has 112 valence electrons. The summed E-state index contributed by atoms with van der Waals surface area (Å²) in [6, 6.07) is 10.0. The highest BCUT2D eigenvalue weighted by molar-refractivity contribution is 5.13. The summed E-state index contributed by atoms with van der Waals surface area (Å²) >= 11 is 0. The highest BCUT2D eigenvalue weighted by Crippen LogP contribution is 2.30. The Kier molecular flexibility index (Phi) is 5.54. The predicted octanol–water partition coefficient (Wildman–Crippen LogP) is 2.21. The molecule has 2 rings (SSSR count). The minimum Gasteiger partial charge on any atom is -0.392 e. The van der Waals surface area contributed by atoms with Crippen molar-refractivity contribution < 1.29 is 19.3 Å². The number of hydrogen-bond acceptors (Lipinski definition) is 4. The normalized spacial score (nSPS) is 34.1. The van der Waals surface area contributed by atoms with Gasteiger partial charge < -0.3 is 19.3 Å². The Morgan fingerprint density at radius 1 is 1.15 bits per heavy atom.